The number of ether oxygens (including phenoxy) is 1. The maximum Gasteiger partial charge on any atom is 0.488 e. The summed E-state index contributed by atoms with van der Waals surface area (Å²) in [5.41, 5.74) is -1.19. The number of fused-ring (bicyclic) bond motifs is 5. The zero-order valence-corrected chi connectivity index (χ0v) is 28.1. The number of benzene rings is 3. The molecule has 0 bridgehead atoms. The Morgan fingerprint density at radius 3 is 2.19 bits per heavy atom. The lowest BCUT2D eigenvalue weighted by atomic mass is 9.56. The van der Waals surface area contributed by atoms with Crippen LogP contribution in [0.3, 0.4) is 0 Å². The van der Waals surface area contributed by atoms with Gasteiger partial charge in [0.25, 0.3) is 11.8 Å². The van der Waals surface area contributed by atoms with Crippen LogP contribution < -0.4 is 20.0 Å². The van der Waals surface area contributed by atoms with Crippen LogP contribution in [0.25, 0.3) is 0 Å². The Balaban J connectivity index is 1.30. The quantitative estimate of drug-likeness (QED) is 0.0690. The zero-order chi connectivity index (χ0) is 38.0. The highest BCUT2D eigenvalue weighted by Gasteiger charge is 2.77. The standard InChI is InChI=1S/C35H22BCl2F5N2O8/c37-34-11-20-18(5-6-19-22(20)31(48)44(30(19)47)16-3-1-2-15(10-16)36(51)52)23(14-8-13-9-17(46)4-7-21(13)53-12-14)35(34,38)33(50)45(32(34)49)29-27(42)25(40)24(39)26(41)28(29)43/h1-5,7,9-10,12,19-20,22-23,46,51-52H,6,8,11H2/t19-,20+,22-,23-,34+,35-/m0/s1. The van der Waals surface area contributed by atoms with Crippen molar-refractivity contribution in [3.8, 4) is 11.5 Å². The molecule has 10 nitrogen and oxygen atoms in total. The second-order valence-electron chi connectivity index (χ2n) is 13.5. The van der Waals surface area contributed by atoms with E-state index in [9.17, 15) is 47.5 Å². The number of alkyl halides is 2. The number of hydrogen-bond donors (Lipinski definition) is 3. The molecule has 18 heteroatoms. The van der Waals surface area contributed by atoms with Crippen molar-refractivity contribution < 1.29 is 61.0 Å². The smallest absolute Gasteiger partial charge is 0.488 e. The summed E-state index contributed by atoms with van der Waals surface area (Å²) < 4.78 is 79.5. The first-order chi connectivity index (χ1) is 25.0. The number of carbonyl (C=O) groups is 4. The molecule has 3 heterocycles. The lowest BCUT2D eigenvalue weighted by molar-refractivity contribution is -0.125. The first-order valence-corrected chi connectivity index (χ1v) is 16.8. The van der Waals surface area contributed by atoms with Crippen LogP contribution in [0.1, 0.15) is 18.4 Å². The van der Waals surface area contributed by atoms with Crippen LogP contribution in [-0.4, -0.2) is 55.7 Å². The van der Waals surface area contributed by atoms with E-state index in [1.54, 1.807) is 0 Å². The van der Waals surface area contributed by atoms with Gasteiger partial charge in [0, 0.05) is 17.9 Å². The van der Waals surface area contributed by atoms with E-state index in [0.717, 1.165) is 4.90 Å². The van der Waals surface area contributed by atoms with E-state index in [0.29, 0.717) is 5.56 Å². The van der Waals surface area contributed by atoms with E-state index >= 15 is 8.78 Å². The number of phenolic OH excluding ortho intramolecular Hbond substituents is 1. The molecule has 6 atom stereocenters. The van der Waals surface area contributed by atoms with Crippen LogP contribution in [0.4, 0.5) is 33.3 Å². The highest BCUT2D eigenvalue weighted by molar-refractivity contribution is 6.59. The minimum absolute atomic E-state index is 0.00518. The van der Waals surface area contributed by atoms with Crippen molar-refractivity contribution in [3.63, 3.8) is 0 Å². The summed E-state index contributed by atoms with van der Waals surface area (Å²) in [5.74, 6) is -22.0. The van der Waals surface area contributed by atoms with Crippen LogP contribution in [0.15, 0.2) is 65.9 Å². The molecule has 53 heavy (non-hydrogen) atoms. The summed E-state index contributed by atoms with van der Waals surface area (Å²) in [6.45, 7) is 0. The molecule has 1 saturated carbocycles. The van der Waals surface area contributed by atoms with Crippen molar-refractivity contribution in [2.24, 2.45) is 23.7 Å². The molecule has 272 valence electrons. The number of rotatable bonds is 4. The SMILES string of the molecule is O=C1[C@H]2[C@H](CC=C3[C@H](C4=COc5ccc(O)cc5C4)[C@]4(Cl)C(=O)N(c5c(F)c(F)c(F)c(F)c5F)C(=O)[C@]4(Cl)C[C@H]32)C(=O)N1c1cccc(B(O)O)c1. The molecular weight excluding hydrogens is 753 g/mol. The number of amides is 4. The van der Waals surface area contributed by atoms with Gasteiger partial charge in [0.15, 0.2) is 33.0 Å². The molecule has 2 saturated heterocycles. The molecule has 0 radical (unpaired) electrons. The van der Waals surface area contributed by atoms with Gasteiger partial charge >= 0.3 is 7.12 Å². The molecule has 8 rings (SSSR count). The molecule has 3 aromatic carbocycles. The van der Waals surface area contributed by atoms with Gasteiger partial charge in [0.2, 0.25) is 17.6 Å². The molecule has 3 N–H and O–H groups in total. The maximum absolute atomic E-state index is 15.3. The molecule has 2 aliphatic carbocycles. The first-order valence-electron chi connectivity index (χ1n) is 16.0. The van der Waals surface area contributed by atoms with E-state index in [1.165, 1.54) is 54.8 Å². The normalized spacial score (nSPS) is 28.9. The topological polar surface area (TPSA) is 145 Å². The lowest BCUT2D eigenvalue weighted by Gasteiger charge is -2.51. The van der Waals surface area contributed by atoms with Gasteiger partial charge in [-0.05, 0) is 60.1 Å². The van der Waals surface area contributed by atoms with Gasteiger partial charge in [-0.15, -0.1) is 23.2 Å². The third-order valence-electron chi connectivity index (χ3n) is 10.8. The fourth-order valence-electron chi connectivity index (χ4n) is 8.46. The molecule has 3 aromatic rings. The van der Waals surface area contributed by atoms with Gasteiger partial charge in [-0.2, -0.15) is 0 Å². The first kappa shape index (κ1) is 35.3. The van der Waals surface area contributed by atoms with E-state index in [1.807, 2.05) is 0 Å². The fraction of sp³-hybridized carbons (Fsp3) is 0.257. The second-order valence-corrected chi connectivity index (χ2v) is 14.7. The lowest BCUT2D eigenvalue weighted by Crippen LogP contribution is -2.61. The van der Waals surface area contributed by atoms with E-state index < -0.39 is 105 Å². The maximum atomic E-state index is 15.3. The largest absolute Gasteiger partial charge is 0.508 e. The molecular formula is C35H22BCl2F5N2O8. The Bertz CT molecular complexity index is 2260. The van der Waals surface area contributed by atoms with Crippen molar-refractivity contribution in [2.45, 2.75) is 29.0 Å². The Kier molecular flexibility index (Phi) is 7.90. The van der Waals surface area contributed by atoms with Crippen molar-refractivity contribution in [3.05, 3.63) is 101 Å². The molecule has 5 aliphatic rings. The highest BCUT2D eigenvalue weighted by Crippen LogP contribution is 2.65. The van der Waals surface area contributed by atoms with E-state index in [4.69, 9.17) is 27.9 Å². The summed E-state index contributed by atoms with van der Waals surface area (Å²) in [4.78, 5) is 52.2. The van der Waals surface area contributed by atoms with Crippen LogP contribution in [0.5, 0.6) is 11.5 Å². The van der Waals surface area contributed by atoms with Crippen molar-refractivity contribution in [1.82, 2.24) is 0 Å². The molecule has 0 spiro atoms. The summed E-state index contributed by atoms with van der Waals surface area (Å²) in [5, 5.41) is 29.6. The molecule has 0 aromatic heterocycles. The Morgan fingerprint density at radius 2 is 1.51 bits per heavy atom. The van der Waals surface area contributed by atoms with Gasteiger partial charge in [-0.1, -0.05) is 23.8 Å². The monoisotopic (exact) mass is 774 g/mol. The third kappa shape index (κ3) is 4.65. The van der Waals surface area contributed by atoms with E-state index in [2.05, 4.69) is 0 Å². The summed E-state index contributed by atoms with van der Waals surface area (Å²) in [6, 6.07) is 9.50. The minimum Gasteiger partial charge on any atom is -0.508 e. The van der Waals surface area contributed by atoms with Crippen LogP contribution in [0.2, 0.25) is 0 Å². The van der Waals surface area contributed by atoms with Crippen molar-refractivity contribution in [1.29, 1.82) is 0 Å². The average molecular weight is 775 g/mol. The summed E-state index contributed by atoms with van der Waals surface area (Å²) in [7, 11) is -1.94. The van der Waals surface area contributed by atoms with Gasteiger partial charge < -0.3 is 19.9 Å². The minimum atomic E-state index is -2.73. The van der Waals surface area contributed by atoms with Crippen molar-refractivity contribution >= 4 is 70.8 Å². The number of aromatic hydroxyl groups is 1. The van der Waals surface area contributed by atoms with Gasteiger partial charge in [0.05, 0.1) is 23.8 Å². The van der Waals surface area contributed by atoms with Crippen LogP contribution in [-0.2, 0) is 25.6 Å². The predicted octanol–water partition coefficient (Wildman–Crippen LogP) is 3.89. The van der Waals surface area contributed by atoms with Gasteiger partial charge in [-0.3, -0.25) is 24.1 Å². The zero-order valence-electron chi connectivity index (χ0n) is 26.6. The van der Waals surface area contributed by atoms with Gasteiger partial charge in [-0.25, -0.2) is 26.9 Å². The average Bonchev–Trinajstić information content (AvgIpc) is 3.47. The number of halogens is 7. The third-order valence-corrected chi connectivity index (χ3v) is 12.2. The number of carbonyl (C=O) groups excluding carboxylic acids is 4. The van der Waals surface area contributed by atoms with Crippen molar-refractivity contribution in [2.75, 3.05) is 9.80 Å². The van der Waals surface area contributed by atoms with Crippen LogP contribution in [0, 0.1) is 52.8 Å². The second kappa shape index (κ2) is 11.9. The predicted molar refractivity (Wildman–Crippen MR) is 176 cm³/mol. The Morgan fingerprint density at radius 1 is 0.830 bits per heavy atom. The highest BCUT2D eigenvalue weighted by atomic mass is 35.5. The Labute approximate surface area is 305 Å². The molecule has 0 unspecified atom stereocenters. The number of phenols is 1. The Hall–Kier alpha value is -4.77. The van der Waals surface area contributed by atoms with Gasteiger partial charge in [0.1, 0.15) is 17.2 Å². The number of anilines is 2. The molecule has 3 aliphatic heterocycles. The number of allylic oxidation sites excluding steroid dienone is 3. The number of nitrogens with zero attached hydrogens (tertiary/aromatic N) is 2. The fourth-order valence-corrected chi connectivity index (χ4v) is 9.41. The molecule has 3 fully saturated rings. The number of imide groups is 2. The summed E-state index contributed by atoms with van der Waals surface area (Å²) >= 11 is 14.3. The molecule has 4 amide bonds. The van der Waals surface area contributed by atoms with E-state index in [-0.39, 0.29) is 51.5 Å². The number of hydrogen-bond acceptors (Lipinski definition) is 8. The van der Waals surface area contributed by atoms with Crippen LogP contribution >= 0.6 is 23.2 Å². The summed E-state index contributed by atoms with van der Waals surface area (Å²) in [6.07, 6.45) is 1.81.